The number of carbonyl (C=O) groups is 1. The number of methoxy groups -OCH3 is 1. The van der Waals surface area contributed by atoms with Gasteiger partial charge in [0, 0.05) is 25.8 Å². The predicted octanol–water partition coefficient (Wildman–Crippen LogP) is 3.24. The van der Waals surface area contributed by atoms with Crippen LogP contribution in [0.25, 0.3) is 17.1 Å². The molecule has 0 aliphatic heterocycles. The fourth-order valence-electron chi connectivity index (χ4n) is 2.72. The van der Waals surface area contributed by atoms with Crippen molar-refractivity contribution in [2.24, 2.45) is 0 Å². The topological polar surface area (TPSA) is 78.3 Å². The average molecular weight is 398 g/mol. The van der Waals surface area contributed by atoms with E-state index in [1.54, 1.807) is 23.9 Å². The fraction of sp³-hybridized carbons (Fsp3) is 0.286. The molecule has 1 heterocycles. The molecule has 0 bridgehead atoms. The molecular weight excluding hydrogens is 375 g/mol. The van der Waals surface area contributed by atoms with E-state index in [-0.39, 0.29) is 17.5 Å². The van der Waals surface area contributed by atoms with Crippen molar-refractivity contribution < 1.29 is 18.7 Å². The van der Waals surface area contributed by atoms with Gasteiger partial charge >= 0.3 is 0 Å². The van der Waals surface area contributed by atoms with Crippen molar-refractivity contribution in [1.82, 2.24) is 20.1 Å². The molecule has 3 aromatic rings. The Labute approximate surface area is 168 Å². The van der Waals surface area contributed by atoms with Gasteiger partial charge in [-0.3, -0.25) is 4.79 Å². The van der Waals surface area contributed by atoms with Crippen molar-refractivity contribution in [2.75, 3.05) is 26.9 Å². The summed E-state index contributed by atoms with van der Waals surface area (Å²) in [7, 11) is 1.61. The summed E-state index contributed by atoms with van der Waals surface area (Å²) in [5.74, 6) is 0.480. The number of nitrogens with zero attached hydrogens (tertiary/aromatic N) is 3. The molecule has 0 fully saturated rings. The fourth-order valence-corrected chi connectivity index (χ4v) is 2.72. The molecule has 1 amide bonds. The Morgan fingerprint density at radius 1 is 1.14 bits per heavy atom. The molecule has 0 spiro atoms. The number of ether oxygens (including phenoxy) is 2. The third-order valence-electron chi connectivity index (χ3n) is 4.12. The van der Waals surface area contributed by atoms with Crippen LogP contribution in [-0.2, 0) is 4.74 Å². The molecule has 0 atom stereocenters. The van der Waals surface area contributed by atoms with Gasteiger partial charge in [-0.05, 0) is 61.9 Å². The Balaban J connectivity index is 1.93. The first-order chi connectivity index (χ1) is 14.1. The highest BCUT2D eigenvalue weighted by Gasteiger charge is 2.18. The maximum absolute atomic E-state index is 13.3. The van der Waals surface area contributed by atoms with Gasteiger partial charge in [0.2, 0.25) is 5.82 Å². The van der Waals surface area contributed by atoms with Crippen LogP contribution in [0.5, 0.6) is 5.75 Å². The zero-order valence-corrected chi connectivity index (χ0v) is 16.4. The van der Waals surface area contributed by atoms with Gasteiger partial charge in [-0.2, -0.15) is 0 Å². The number of aromatic nitrogens is 3. The molecule has 3 rings (SSSR count). The number of hydrogen-bond donors (Lipinski definition) is 1. The third kappa shape index (κ3) is 5.17. The number of hydrogen-bond acceptors (Lipinski definition) is 5. The van der Waals surface area contributed by atoms with Crippen LogP contribution in [0, 0.1) is 5.82 Å². The lowest BCUT2D eigenvalue weighted by Gasteiger charge is -2.08. The highest BCUT2D eigenvalue weighted by molar-refractivity contribution is 5.91. The minimum Gasteiger partial charge on any atom is -0.494 e. The van der Waals surface area contributed by atoms with E-state index in [0.29, 0.717) is 43.3 Å². The van der Waals surface area contributed by atoms with E-state index in [0.717, 1.165) is 5.75 Å². The highest BCUT2D eigenvalue weighted by Crippen LogP contribution is 2.23. The van der Waals surface area contributed by atoms with Crippen LogP contribution in [0.2, 0.25) is 0 Å². The Morgan fingerprint density at radius 3 is 2.52 bits per heavy atom. The van der Waals surface area contributed by atoms with Crippen LogP contribution in [0.1, 0.15) is 24.0 Å². The van der Waals surface area contributed by atoms with Crippen molar-refractivity contribution in [1.29, 1.82) is 0 Å². The monoisotopic (exact) mass is 398 g/mol. The first-order valence-electron chi connectivity index (χ1n) is 9.35. The molecule has 152 valence electrons. The quantitative estimate of drug-likeness (QED) is 0.560. The van der Waals surface area contributed by atoms with Gasteiger partial charge in [0.1, 0.15) is 11.6 Å². The second kappa shape index (κ2) is 9.79. The number of halogens is 1. The van der Waals surface area contributed by atoms with Gasteiger partial charge in [-0.25, -0.2) is 14.1 Å². The maximum atomic E-state index is 13.3. The minimum absolute atomic E-state index is 0.0376. The summed E-state index contributed by atoms with van der Waals surface area (Å²) in [5, 5.41) is 7.16. The Kier molecular flexibility index (Phi) is 6.91. The lowest BCUT2D eigenvalue weighted by Crippen LogP contribution is -2.26. The molecule has 29 heavy (non-hydrogen) atoms. The van der Waals surface area contributed by atoms with Gasteiger partial charge in [0.25, 0.3) is 5.91 Å². The first kappa shape index (κ1) is 20.5. The van der Waals surface area contributed by atoms with Crippen LogP contribution in [0.15, 0.2) is 48.5 Å². The van der Waals surface area contributed by atoms with Crippen molar-refractivity contribution in [2.45, 2.75) is 13.3 Å². The summed E-state index contributed by atoms with van der Waals surface area (Å²) in [5.41, 5.74) is 1.35. The molecule has 0 saturated heterocycles. The molecule has 0 unspecified atom stereocenters. The first-order valence-corrected chi connectivity index (χ1v) is 9.35. The zero-order valence-electron chi connectivity index (χ0n) is 16.4. The molecule has 1 aromatic heterocycles. The van der Waals surface area contributed by atoms with E-state index >= 15 is 0 Å². The third-order valence-corrected chi connectivity index (χ3v) is 4.12. The van der Waals surface area contributed by atoms with E-state index in [9.17, 15) is 9.18 Å². The number of nitrogens with one attached hydrogen (secondary N) is 1. The summed E-state index contributed by atoms with van der Waals surface area (Å²) in [4.78, 5) is 16.9. The van der Waals surface area contributed by atoms with E-state index in [2.05, 4.69) is 15.4 Å². The largest absolute Gasteiger partial charge is 0.494 e. The Bertz CT molecular complexity index is 940. The summed E-state index contributed by atoms with van der Waals surface area (Å²) in [6, 6.07) is 13.2. The van der Waals surface area contributed by atoms with Crippen LogP contribution in [-0.4, -0.2) is 47.5 Å². The SMILES string of the molecule is CCOc1ccc(-n2nc(C(=O)NCCCOC)nc2-c2ccc(F)cc2)cc1. The number of rotatable bonds is 9. The zero-order chi connectivity index (χ0) is 20.6. The Hall–Kier alpha value is -3.26. The summed E-state index contributed by atoms with van der Waals surface area (Å²) in [6.45, 7) is 3.48. The molecule has 0 aliphatic carbocycles. The lowest BCUT2D eigenvalue weighted by atomic mass is 10.2. The van der Waals surface area contributed by atoms with E-state index in [1.807, 2.05) is 31.2 Å². The van der Waals surface area contributed by atoms with Gasteiger partial charge in [0.15, 0.2) is 5.82 Å². The van der Waals surface area contributed by atoms with E-state index in [4.69, 9.17) is 9.47 Å². The van der Waals surface area contributed by atoms with Crippen molar-refractivity contribution in [3.05, 3.63) is 60.2 Å². The molecule has 0 saturated carbocycles. The van der Waals surface area contributed by atoms with Gasteiger partial charge in [0.05, 0.1) is 12.3 Å². The predicted molar refractivity (Wildman–Crippen MR) is 107 cm³/mol. The molecule has 8 heteroatoms. The summed E-state index contributed by atoms with van der Waals surface area (Å²) in [6.07, 6.45) is 0.687. The van der Waals surface area contributed by atoms with Crippen molar-refractivity contribution in [3.8, 4) is 22.8 Å². The molecule has 2 aromatic carbocycles. The van der Waals surface area contributed by atoms with Gasteiger partial charge < -0.3 is 14.8 Å². The maximum Gasteiger partial charge on any atom is 0.290 e. The lowest BCUT2D eigenvalue weighted by molar-refractivity contribution is 0.0938. The standard InChI is InChI=1S/C21H23FN4O3/c1-3-29-18-11-9-17(10-12-18)26-20(15-5-7-16(22)8-6-15)24-19(25-26)21(27)23-13-4-14-28-2/h5-12H,3-4,13-14H2,1-2H3,(H,23,27). The summed E-state index contributed by atoms with van der Waals surface area (Å²) < 4.78 is 25.4. The number of carbonyl (C=O) groups excluding carboxylic acids is 1. The normalized spacial score (nSPS) is 10.7. The number of benzene rings is 2. The van der Waals surface area contributed by atoms with E-state index < -0.39 is 0 Å². The summed E-state index contributed by atoms with van der Waals surface area (Å²) >= 11 is 0. The van der Waals surface area contributed by atoms with Crippen LogP contribution in [0.4, 0.5) is 4.39 Å². The second-order valence-electron chi connectivity index (χ2n) is 6.21. The Morgan fingerprint density at radius 2 is 1.86 bits per heavy atom. The van der Waals surface area contributed by atoms with Crippen LogP contribution < -0.4 is 10.1 Å². The smallest absolute Gasteiger partial charge is 0.290 e. The highest BCUT2D eigenvalue weighted by atomic mass is 19.1. The second-order valence-corrected chi connectivity index (χ2v) is 6.21. The molecule has 0 radical (unpaired) electrons. The molecule has 1 N–H and O–H groups in total. The van der Waals surface area contributed by atoms with Crippen molar-refractivity contribution in [3.63, 3.8) is 0 Å². The molecule has 7 nitrogen and oxygen atoms in total. The average Bonchev–Trinajstić information content (AvgIpc) is 3.18. The minimum atomic E-state index is -0.380. The van der Waals surface area contributed by atoms with Crippen molar-refractivity contribution >= 4 is 5.91 Å². The number of amides is 1. The molecular formula is C21H23FN4O3. The molecule has 0 aliphatic rings. The van der Waals surface area contributed by atoms with Crippen LogP contribution >= 0.6 is 0 Å². The van der Waals surface area contributed by atoms with Gasteiger partial charge in [-0.1, -0.05) is 0 Å². The van der Waals surface area contributed by atoms with Crippen LogP contribution in [0.3, 0.4) is 0 Å². The van der Waals surface area contributed by atoms with E-state index in [1.165, 1.54) is 12.1 Å². The van der Waals surface area contributed by atoms with Gasteiger partial charge in [-0.15, -0.1) is 5.10 Å².